The zero-order valence-electron chi connectivity index (χ0n) is 10.1. The summed E-state index contributed by atoms with van der Waals surface area (Å²) in [5.74, 6) is 0. The van der Waals surface area contributed by atoms with Crippen molar-refractivity contribution in [3.63, 3.8) is 0 Å². The smallest absolute Gasteiger partial charge is 0.127 e. The largest absolute Gasteiger partial charge is 0.337 e. The van der Waals surface area contributed by atoms with Crippen molar-refractivity contribution in [2.24, 2.45) is 0 Å². The Balaban J connectivity index is 1.58. The molecule has 0 amide bonds. The number of piperazine rings is 1. The van der Waals surface area contributed by atoms with E-state index in [1.165, 1.54) is 57.5 Å². The maximum atomic E-state index is 2.44. The third-order valence-corrected chi connectivity index (χ3v) is 3.49. The maximum absolute atomic E-state index is 2.44. The van der Waals surface area contributed by atoms with Gasteiger partial charge in [-0.15, -0.1) is 0 Å². The lowest BCUT2D eigenvalue weighted by atomic mass is 10.1. The molecule has 0 spiro atoms. The van der Waals surface area contributed by atoms with E-state index in [2.05, 4.69) is 35.6 Å². The first kappa shape index (κ1) is 11.6. The van der Waals surface area contributed by atoms with Crippen molar-refractivity contribution in [1.82, 2.24) is 0 Å². The Hall–Kier alpha value is -0.860. The molecule has 0 aliphatic carbocycles. The number of nitrogens with two attached hydrogens (primary N) is 1. The van der Waals surface area contributed by atoms with E-state index in [0.29, 0.717) is 0 Å². The first-order chi connectivity index (χ1) is 7.95. The summed E-state index contributed by atoms with van der Waals surface area (Å²) in [5.41, 5.74) is 1.49. The fourth-order valence-electron chi connectivity index (χ4n) is 2.48. The lowest BCUT2D eigenvalue weighted by molar-refractivity contribution is -0.946. The van der Waals surface area contributed by atoms with E-state index in [1.54, 1.807) is 0 Å². The van der Waals surface area contributed by atoms with Crippen LogP contribution in [0.5, 0.6) is 0 Å². The number of nitrogens with one attached hydrogen (secondary N) is 1. The molecule has 16 heavy (non-hydrogen) atoms. The summed E-state index contributed by atoms with van der Waals surface area (Å²) in [5, 5.41) is 2.44. The molecule has 0 saturated carbocycles. The molecule has 1 heterocycles. The summed E-state index contributed by atoms with van der Waals surface area (Å²) in [6, 6.07) is 10.9. The van der Waals surface area contributed by atoms with Crippen LogP contribution in [-0.4, -0.2) is 32.7 Å². The molecule has 2 heteroatoms. The van der Waals surface area contributed by atoms with Gasteiger partial charge < -0.3 is 10.2 Å². The molecule has 2 nitrogen and oxygen atoms in total. The van der Waals surface area contributed by atoms with Gasteiger partial charge in [-0.2, -0.15) is 0 Å². The highest BCUT2D eigenvalue weighted by molar-refractivity contribution is 5.14. The first-order valence-electron chi connectivity index (χ1n) is 6.64. The number of rotatable bonds is 5. The molecule has 1 aliphatic rings. The SMILES string of the molecule is c1ccc(CCCC[NH+]2CC[NH2+]CC2)cc1. The number of unbranched alkanes of at least 4 members (excludes halogenated alkanes) is 1. The molecule has 1 aromatic carbocycles. The van der Waals surface area contributed by atoms with E-state index in [1.807, 2.05) is 4.90 Å². The molecule has 2 rings (SSSR count). The van der Waals surface area contributed by atoms with Gasteiger partial charge in [-0.1, -0.05) is 30.3 Å². The van der Waals surface area contributed by atoms with Crippen LogP contribution in [0.15, 0.2) is 30.3 Å². The fourth-order valence-corrected chi connectivity index (χ4v) is 2.48. The van der Waals surface area contributed by atoms with Crippen LogP contribution in [0.3, 0.4) is 0 Å². The van der Waals surface area contributed by atoms with Crippen LogP contribution < -0.4 is 10.2 Å². The minimum atomic E-state index is 1.25. The lowest BCUT2D eigenvalue weighted by Crippen LogP contribution is -3.20. The second kappa shape index (κ2) is 6.66. The Morgan fingerprint density at radius 3 is 2.50 bits per heavy atom. The maximum Gasteiger partial charge on any atom is 0.127 e. The van der Waals surface area contributed by atoms with E-state index in [-0.39, 0.29) is 0 Å². The van der Waals surface area contributed by atoms with E-state index in [9.17, 15) is 0 Å². The van der Waals surface area contributed by atoms with E-state index in [0.717, 1.165) is 0 Å². The summed E-state index contributed by atoms with van der Waals surface area (Å²) in [6.45, 7) is 6.76. The predicted octanol–water partition coefficient (Wildman–Crippen LogP) is -0.529. The molecule has 1 aliphatic heterocycles. The zero-order valence-corrected chi connectivity index (χ0v) is 10.1. The molecular formula is C14H24N2+2. The Morgan fingerprint density at radius 2 is 1.75 bits per heavy atom. The van der Waals surface area contributed by atoms with Crippen LogP contribution in [0.25, 0.3) is 0 Å². The minimum Gasteiger partial charge on any atom is -0.337 e. The van der Waals surface area contributed by atoms with Gasteiger partial charge in [-0.05, 0) is 24.8 Å². The van der Waals surface area contributed by atoms with Crippen molar-refractivity contribution in [3.05, 3.63) is 35.9 Å². The number of hydrogen-bond acceptors (Lipinski definition) is 0. The van der Waals surface area contributed by atoms with Gasteiger partial charge in [0.25, 0.3) is 0 Å². The lowest BCUT2D eigenvalue weighted by Gasteiger charge is -2.21. The molecule has 1 fully saturated rings. The van der Waals surface area contributed by atoms with Crippen LogP contribution in [-0.2, 0) is 6.42 Å². The van der Waals surface area contributed by atoms with Gasteiger partial charge in [0.2, 0.25) is 0 Å². The minimum absolute atomic E-state index is 1.25. The quantitative estimate of drug-likeness (QED) is 0.623. The summed E-state index contributed by atoms with van der Waals surface area (Å²) < 4.78 is 0. The fraction of sp³-hybridized carbons (Fsp3) is 0.571. The molecule has 0 aromatic heterocycles. The molecule has 1 aromatic rings. The Kier molecular flexibility index (Phi) is 4.84. The number of quaternary nitrogens is 2. The summed E-state index contributed by atoms with van der Waals surface area (Å²) in [6.07, 6.45) is 3.97. The molecule has 0 radical (unpaired) electrons. The summed E-state index contributed by atoms with van der Waals surface area (Å²) >= 11 is 0. The van der Waals surface area contributed by atoms with Crippen LogP contribution in [0.4, 0.5) is 0 Å². The van der Waals surface area contributed by atoms with Gasteiger partial charge in [0.15, 0.2) is 0 Å². The molecule has 0 atom stereocenters. The van der Waals surface area contributed by atoms with Gasteiger partial charge in [-0.3, -0.25) is 0 Å². The van der Waals surface area contributed by atoms with Gasteiger partial charge in [0.05, 0.1) is 6.54 Å². The van der Waals surface area contributed by atoms with Crippen molar-refractivity contribution >= 4 is 0 Å². The van der Waals surface area contributed by atoms with Crippen molar-refractivity contribution < 1.29 is 10.2 Å². The van der Waals surface area contributed by atoms with Gasteiger partial charge in [0.1, 0.15) is 26.2 Å². The summed E-state index contributed by atoms with van der Waals surface area (Å²) in [7, 11) is 0. The topological polar surface area (TPSA) is 21.1 Å². The van der Waals surface area contributed by atoms with Crippen molar-refractivity contribution in [2.75, 3.05) is 32.7 Å². The van der Waals surface area contributed by atoms with Crippen LogP contribution >= 0.6 is 0 Å². The van der Waals surface area contributed by atoms with Crippen LogP contribution in [0.1, 0.15) is 18.4 Å². The van der Waals surface area contributed by atoms with Crippen molar-refractivity contribution in [1.29, 1.82) is 0 Å². The first-order valence-corrected chi connectivity index (χ1v) is 6.64. The van der Waals surface area contributed by atoms with E-state index < -0.39 is 0 Å². The number of aryl methyl sites for hydroxylation is 1. The highest BCUT2D eigenvalue weighted by Gasteiger charge is 2.14. The average molecular weight is 220 g/mol. The van der Waals surface area contributed by atoms with Crippen molar-refractivity contribution in [3.8, 4) is 0 Å². The molecule has 1 saturated heterocycles. The highest BCUT2D eigenvalue weighted by atomic mass is 15.2. The third-order valence-electron chi connectivity index (χ3n) is 3.49. The van der Waals surface area contributed by atoms with Gasteiger partial charge in [0, 0.05) is 0 Å². The Bertz CT molecular complexity index is 278. The summed E-state index contributed by atoms with van der Waals surface area (Å²) in [4.78, 5) is 1.82. The molecule has 88 valence electrons. The number of benzene rings is 1. The zero-order chi connectivity index (χ0) is 11.1. The molecule has 0 unspecified atom stereocenters. The third kappa shape index (κ3) is 3.95. The normalized spacial score (nSPS) is 17.5. The molecule has 3 N–H and O–H groups in total. The molecular weight excluding hydrogens is 196 g/mol. The van der Waals surface area contributed by atoms with Crippen molar-refractivity contribution in [2.45, 2.75) is 19.3 Å². The second-order valence-electron chi connectivity index (χ2n) is 4.81. The van der Waals surface area contributed by atoms with E-state index in [4.69, 9.17) is 0 Å². The van der Waals surface area contributed by atoms with E-state index >= 15 is 0 Å². The Labute approximate surface area is 98.7 Å². The Morgan fingerprint density at radius 1 is 1.00 bits per heavy atom. The van der Waals surface area contributed by atoms with Crippen LogP contribution in [0, 0.1) is 0 Å². The number of hydrogen-bond donors (Lipinski definition) is 2. The predicted molar refractivity (Wildman–Crippen MR) is 66.6 cm³/mol. The van der Waals surface area contributed by atoms with Gasteiger partial charge >= 0.3 is 0 Å². The molecule has 0 bridgehead atoms. The van der Waals surface area contributed by atoms with Gasteiger partial charge in [-0.25, -0.2) is 0 Å². The standard InChI is InChI=1S/C14H22N2/c1-2-6-14(7-3-1)8-4-5-11-16-12-9-15-10-13-16/h1-3,6-7,15H,4-5,8-13H2/p+2. The average Bonchev–Trinajstić information content (AvgIpc) is 2.37. The monoisotopic (exact) mass is 220 g/mol. The highest BCUT2D eigenvalue weighted by Crippen LogP contribution is 2.03. The van der Waals surface area contributed by atoms with Crippen LogP contribution in [0.2, 0.25) is 0 Å². The second-order valence-corrected chi connectivity index (χ2v) is 4.81.